The predicted molar refractivity (Wildman–Crippen MR) is 122 cm³/mol. The predicted octanol–water partition coefficient (Wildman–Crippen LogP) is -1.13. The van der Waals surface area contributed by atoms with E-state index < -0.39 is 0 Å². The van der Waals surface area contributed by atoms with Crippen molar-refractivity contribution >= 4 is 28.8 Å². The Kier molecular flexibility index (Phi) is 8.80. The first kappa shape index (κ1) is 25.7. The average Bonchev–Trinajstić information content (AvgIpc) is 2.70. The molecule has 5 aliphatic rings. The summed E-state index contributed by atoms with van der Waals surface area (Å²) >= 11 is 0. The van der Waals surface area contributed by atoms with Gasteiger partial charge >= 0.3 is 6.09 Å². The highest BCUT2D eigenvalue weighted by molar-refractivity contribution is 7.96. The zero-order chi connectivity index (χ0) is 22.0. The van der Waals surface area contributed by atoms with Gasteiger partial charge in [-0.1, -0.05) is 0 Å². The molecule has 1 N–H and O–H groups in total. The summed E-state index contributed by atoms with van der Waals surface area (Å²) in [4.78, 5) is 40.0. The van der Waals surface area contributed by atoms with Crippen LogP contribution < -0.4 is 22.3 Å². The van der Waals surface area contributed by atoms with Gasteiger partial charge in [0.15, 0.2) is 5.75 Å². The van der Waals surface area contributed by atoms with Gasteiger partial charge in [0.25, 0.3) is 5.91 Å². The Labute approximate surface area is 205 Å². The van der Waals surface area contributed by atoms with Crippen molar-refractivity contribution in [2.45, 2.75) is 44.9 Å². The van der Waals surface area contributed by atoms with Crippen molar-refractivity contribution in [1.82, 2.24) is 15.1 Å². The number of amides is 3. The molecule has 0 aromatic heterocycles. The zero-order valence-electron chi connectivity index (χ0n) is 19.4. The molecule has 4 aliphatic carbocycles. The fourth-order valence-corrected chi connectivity index (χ4v) is 7.41. The highest BCUT2D eigenvalue weighted by atomic mass is 79.9. The third-order valence-corrected chi connectivity index (χ3v) is 8.61. The van der Waals surface area contributed by atoms with Gasteiger partial charge in [0.1, 0.15) is 0 Å². The van der Waals surface area contributed by atoms with Gasteiger partial charge in [0, 0.05) is 26.2 Å². The molecular weight excluding hydrogens is 494 g/mol. The second kappa shape index (κ2) is 11.0. The van der Waals surface area contributed by atoms with Crippen molar-refractivity contribution in [2.24, 2.45) is 23.2 Å². The van der Waals surface area contributed by atoms with Gasteiger partial charge < -0.3 is 36.8 Å². The number of piperazine rings is 1. The lowest BCUT2D eigenvalue weighted by Crippen LogP contribution is -3.00. The van der Waals surface area contributed by atoms with Gasteiger partial charge in [0.05, 0.1) is 25.7 Å². The first-order valence-electron chi connectivity index (χ1n) is 11.8. The number of halogens is 1. The van der Waals surface area contributed by atoms with Crippen molar-refractivity contribution in [1.29, 1.82) is 0 Å². The van der Waals surface area contributed by atoms with Crippen LogP contribution in [0.2, 0.25) is 0 Å². The summed E-state index contributed by atoms with van der Waals surface area (Å²) in [6, 6.07) is 0. The fourth-order valence-electron chi connectivity index (χ4n) is 6.78. The average molecular weight is 533 g/mol. The normalized spacial score (nSPS) is 30.8. The lowest BCUT2D eigenvalue weighted by Gasteiger charge is -2.57. The molecule has 9 heteroatoms. The molecular formula is C23H38BrN3O4S. The summed E-state index contributed by atoms with van der Waals surface area (Å²) in [5, 5.41) is 2.70. The van der Waals surface area contributed by atoms with Crippen LogP contribution in [0.25, 0.3) is 0 Å². The number of rotatable bonds is 7. The summed E-state index contributed by atoms with van der Waals surface area (Å²) < 4.78 is 5.66. The Morgan fingerprint density at radius 3 is 2.00 bits per heavy atom. The molecule has 4 bridgehead atoms. The zero-order valence-corrected chi connectivity index (χ0v) is 21.8. The van der Waals surface area contributed by atoms with E-state index in [0.717, 1.165) is 24.2 Å². The molecule has 5 rings (SSSR count). The highest BCUT2D eigenvalue weighted by Crippen LogP contribution is 2.61. The number of hydrogen-bond acceptors (Lipinski definition) is 4. The minimum absolute atomic E-state index is 0. The molecule has 0 atom stereocenters. The van der Waals surface area contributed by atoms with E-state index in [1.54, 1.807) is 9.80 Å². The maximum Gasteiger partial charge on any atom is 0.409 e. The number of carbonyl (C=O) groups excluding carboxylic acids is 3. The van der Waals surface area contributed by atoms with Crippen molar-refractivity contribution in [2.75, 3.05) is 57.6 Å². The Balaban J connectivity index is 0.00000289. The van der Waals surface area contributed by atoms with Crippen LogP contribution in [0.5, 0.6) is 0 Å². The van der Waals surface area contributed by atoms with E-state index in [0.29, 0.717) is 44.0 Å². The van der Waals surface area contributed by atoms with E-state index in [9.17, 15) is 14.4 Å². The highest BCUT2D eigenvalue weighted by Gasteiger charge is 2.50. The van der Waals surface area contributed by atoms with E-state index in [4.69, 9.17) is 4.74 Å². The van der Waals surface area contributed by atoms with Crippen molar-refractivity contribution < 1.29 is 36.1 Å². The van der Waals surface area contributed by atoms with Crippen molar-refractivity contribution in [3.63, 3.8) is 0 Å². The first-order chi connectivity index (χ1) is 14.8. The van der Waals surface area contributed by atoms with Crippen molar-refractivity contribution in [3.8, 4) is 0 Å². The van der Waals surface area contributed by atoms with Crippen LogP contribution in [0, 0.1) is 23.2 Å². The summed E-state index contributed by atoms with van der Waals surface area (Å²) in [7, 11) is 0.0232. The molecule has 5 fully saturated rings. The van der Waals surface area contributed by atoms with Gasteiger partial charge in [-0.15, -0.1) is 0 Å². The van der Waals surface area contributed by atoms with Crippen LogP contribution >= 0.6 is 0 Å². The largest absolute Gasteiger partial charge is 1.00 e. The smallest absolute Gasteiger partial charge is 0.409 e. The van der Waals surface area contributed by atoms with Crippen LogP contribution in [0.1, 0.15) is 44.9 Å². The van der Waals surface area contributed by atoms with Crippen LogP contribution in [0.15, 0.2) is 0 Å². The molecule has 32 heavy (non-hydrogen) atoms. The molecule has 0 unspecified atom stereocenters. The molecule has 0 spiro atoms. The maximum absolute atomic E-state index is 12.5. The lowest BCUT2D eigenvalue weighted by molar-refractivity contribution is -0.133. The second-order valence-electron chi connectivity index (χ2n) is 10.6. The van der Waals surface area contributed by atoms with Crippen LogP contribution in [0.4, 0.5) is 4.79 Å². The Morgan fingerprint density at radius 2 is 1.47 bits per heavy atom. The van der Waals surface area contributed by atoms with Gasteiger partial charge in [-0.25, -0.2) is 4.79 Å². The number of nitrogens with one attached hydrogen (secondary N) is 1. The van der Waals surface area contributed by atoms with E-state index in [1.807, 2.05) is 12.5 Å². The number of carbonyl (C=O) groups is 3. The molecule has 3 amide bonds. The van der Waals surface area contributed by atoms with Crippen LogP contribution in [0.3, 0.4) is 0 Å². The standard InChI is InChI=1S/C23H37N3O4S.BrH/c1-31(2)16-20(27)24-15-21(28)25-4-6-26(7-5-25)22(29)30-8-3-23-12-17-9-18(13-23)11-19(10-17)14-23;/h17-19H,3-16H2,1-2H3;1H. The molecule has 0 aromatic rings. The van der Waals surface area contributed by atoms with Crippen LogP contribution in [-0.2, 0) is 25.2 Å². The molecule has 0 aromatic carbocycles. The second-order valence-corrected chi connectivity index (χ2v) is 12.8. The first-order valence-corrected chi connectivity index (χ1v) is 14.0. The fraction of sp³-hybridized carbons (Fsp3) is 0.870. The van der Waals surface area contributed by atoms with E-state index >= 15 is 0 Å². The molecule has 1 heterocycles. The Morgan fingerprint density at radius 1 is 0.938 bits per heavy atom. The monoisotopic (exact) mass is 531 g/mol. The lowest BCUT2D eigenvalue weighted by atomic mass is 9.49. The summed E-state index contributed by atoms with van der Waals surface area (Å²) in [5.41, 5.74) is 0.431. The number of hydrogen-bond donors (Lipinski definition) is 1. The van der Waals surface area contributed by atoms with Crippen LogP contribution in [-0.4, -0.2) is 85.3 Å². The van der Waals surface area contributed by atoms with Gasteiger partial charge in [-0.05, 0) is 79.0 Å². The van der Waals surface area contributed by atoms with Gasteiger partial charge in [-0.2, -0.15) is 0 Å². The summed E-state index contributed by atoms with van der Waals surface area (Å²) in [5.74, 6) is 3.04. The third-order valence-electron chi connectivity index (χ3n) is 7.77. The quantitative estimate of drug-likeness (QED) is 0.421. The molecule has 1 aliphatic heterocycles. The van der Waals surface area contributed by atoms with Crippen molar-refractivity contribution in [3.05, 3.63) is 0 Å². The Bertz CT molecular complexity index is 661. The molecule has 0 radical (unpaired) electrons. The Hall–Kier alpha value is -0.960. The molecule has 7 nitrogen and oxygen atoms in total. The summed E-state index contributed by atoms with van der Waals surface area (Å²) in [6.45, 7) is 2.51. The summed E-state index contributed by atoms with van der Waals surface area (Å²) in [6.07, 6.45) is 13.1. The molecule has 1 saturated heterocycles. The topological polar surface area (TPSA) is 79.0 Å². The van der Waals surface area contributed by atoms with E-state index in [2.05, 4.69) is 5.32 Å². The minimum atomic E-state index is -0.247. The third kappa shape index (κ3) is 6.33. The molecule has 4 saturated carbocycles. The van der Waals surface area contributed by atoms with E-state index in [-0.39, 0.29) is 52.3 Å². The van der Waals surface area contributed by atoms with Gasteiger partial charge in [0.2, 0.25) is 5.91 Å². The molecule has 182 valence electrons. The number of nitrogens with zero attached hydrogens (tertiary/aromatic N) is 2. The SMILES string of the molecule is C[S+](C)CC(=O)NCC(=O)N1CCN(C(=O)OCCC23CC4CC(CC(C4)C2)C3)CC1.[Br-]. The van der Waals surface area contributed by atoms with E-state index in [1.165, 1.54) is 38.5 Å². The van der Waals surface area contributed by atoms with Gasteiger partial charge in [-0.3, -0.25) is 9.59 Å². The maximum atomic E-state index is 12.5. The minimum Gasteiger partial charge on any atom is -1.00 e. The number of ether oxygens (including phenoxy) is 1.